The zero-order chi connectivity index (χ0) is 24.7. The van der Waals surface area contributed by atoms with Crippen molar-refractivity contribution in [2.24, 2.45) is 0 Å². The summed E-state index contributed by atoms with van der Waals surface area (Å²) in [5.41, 5.74) is 3.15. The van der Waals surface area contributed by atoms with Gasteiger partial charge in [-0.2, -0.15) is 0 Å². The minimum absolute atomic E-state index is 0.103. The minimum atomic E-state index is -0.209. The third kappa shape index (κ3) is 4.29. The Kier molecular flexibility index (Phi) is 6.50. The number of halogens is 2. The summed E-state index contributed by atoms with van der Waals surface area (Å²) < 4.78 is 8.75. The second-order valence-corrected chi connectivity index (χ2v) is 10.3. The molecule has 0 saturated heterocycles. The van der Waals surface area contributed by atoms with Gasteiger partial charge < -0.3 is 9.64 Å². The molecule has 0 N–H and O–H groups in total. The van der Waals surface area contributed by atoms with Crippen molar-refractivity contribution in [3.05, 3.63) is 90.4 Å². The van der Waals surface area contributed by atoms with Crippen LogP contribution in [0.2, 0.25) is 0 Å². The maximum atomic E-state index is 13.8. The van der Waals surface area contributed by atoms with Gasteiger partial charge in [0.1, 0.15) is 11.6 Å². The summed E-state index contributed by atoms with van der Waals surface area (Å²) in [5, 5.41) is 0.510. The number of fused-ring (bicyclic) bond motifs is 2. The first kappa shape index (κ1) is 23.7. The molecule has 0 atom stereocenters. The number of hydrogen-bond donors (Lipinski definition) is 0. The minimum Gasteiger partial charge on any atom is -0.497 e. The van der Waals surface area contributed by atoms with Crippen LogP contribution in [0, 0.1) is 3.57 Å². The maximum absolute atomic E-state index is 13.8. The van der Waals surface area contributed by atoms with Gasteiger partial charge in [-0.3, -0.25) is 14.2 Å². The lowest BCUT2D eigenvalue weighted by Crippen LogP contribution is -2.27. The summed E-state index contributed by atoms with van der Waals surface area (Å²) in [6.07, 6.45) is 2.55. The predicted molar refractivity (Wildman–Crippen MR) is 151 cm³/mol. The zero-order valence-corrected chi connectivity index (χ0v) is 22.8. The normalized spacial score (nSPS) is 14.1. The maximum Gasteiger partial charge on any atom is 0.266 e. The number of carbonyl (C=O) groups excluding carboxylic acids is 1. The van der Waals surface area contributed by atoms with Gasteiger partial charge in [-0.05, 0) is 83.6 Å². The smallest absolute Gasteiger partial charge is 0.266 e. The standard InChI is InChI=1S/C27H21BrIN3O3/c1-3-11-31-24-10-7-16(28)12-20(24)21(26(31)33)15-25-30-23-9-8-17(29)13-22(23)27(34)32(25)18-5-4-6-19(14-18)35-2/h4-10,12-15H,3,11H2,1-2H3. The Balaban J connectivity index is 1.81. The van der Waals surface area contributed by atoms with Gasteiger partial charge >= 0.3 is 0 Å². The molecule has 35 heavy (non-hydrogen) atoms. The van der Waals surface area contributed by atoms with Crippen molar-refractivity contribution in [2.75, 3.05) is 18.6 Å². The zero-order valence-electron chi connectivity index (χ0n) is 19.1. The van der Waals surface area contributed by atoms with Crippen molar-refractivity contribution in [3.63, 3.8) is 0 Å². The Hall–Kier alpha value is -2.98. The van der Waals surface area contributed by atoms with Gasteiger partial charge in [-0.1, -0.05) is 28.9 Å². The van der Waals surface area contributed by atoms with Crippen LogP contribution in [0.15, 0.2) is 69.9 Å². The molecular weight excluding hydrogens is 621 g/mol. The molecule has 0 fully saturated rings. The molecule has 1 aromatic heterocycles. The second-order valence-electron chi connectivity index (χ2n) is 8.15. The fourth-order valence-corrected chi connectivity index (χ4v) is 5.17. The molecule has 0 radical (unpaired) electrons. The van der Waals surface area contributed by atoms with Crippen LogP contribution in [0.4, 0.5) is 5.69 Å². The van der Waals surface area contributed by atoms with E-state index >= 15 is 0 Å². The fraction of sp³-hybridized carbons (Fsp3) is 0.148. The number of anilines is 1. The average molecular weight is 642 g/mol. The highest BCUT2D eigenvalue weighted by Crippen LogP contribution is 2.39. The molecule has 176 valence electrons. The SMILES string of the molecule is CCCN1C(=O)C(=Cc2nc3ccc(I)cc3c(=O)n2-c2cccc(OC)c2)c2cc(Br)ccc21. The van der Waals surface area contributed by atoms with Crippen molar-refractivity contribution in [1.82, 2.24) is 9.55 Å². The molecule has 1 amide bonds. The summed E-state index contributed by atoms with van der Waals surface area (Å²) in [5.74, 6) is 0.898. The van der Waals surface area contributed by atoms with Gasteiger partial charge in [0, 0.05) is 26.2 Å². The van der Waals surface area contributed by atoms with Crippen LogP contribution in [-0.4, -0.2) is 29.1 Å². The number of hydrogen-bond acceptors (Lipinski definition) is 4. The van der Waals surface area contributed by atoms with Crippen molar-refractivity contribution < 1.29 is 9.53 Å². The Bertz CT molecular complexity index is 1580. The highest BCUT2D eigenvalue weighted by molar-refractivity contribution is 14.1. The van der Waals surface area contributed by atoms with Crippen molar-refractivity contribution in [2.45, 2.75) is 13.3 Å². The molecule has 2 heterocycles. The van der Waals surface area contributed by atoms with E-state index in [1.807, 2.05) is 61.5 Å². The number of nitrogens with zero attached hydrogens (tertiary/aromatic N) is 3. The Labute approximate surface area is 224 Å². The summed E-state index contributed by atoms with van der Waals surface area (Å²) in [6, 6.07) is 18.7. The molecule has 1 aliphatic heterocycles. The van der Waals surface area contributed by atoms with Crippen molar-refractivity contribution >= 4 is 72.7 Å². The number of rotatable bonds is 5. The van der Waals surface area contributed by atoms with Gasteiger partial charge in [0.15, 0.2) is 0 Å². The van der Waals surface area contributed by atoms with Gasteiger partial charge in [0.2, 0.25) is 0 Å². The molecule has 8 heteroatoms. The molecule has 5 rings (SSSR count). The molecule has 0 unspecified atom stereocenters. The van der Waals surface area contributed by atoms with E-state index in [1.165, 1.54) is 0 Å². The topological polar surface area (TPSA) is 64.4 Å². The number of aromatic nitrogens is 2. The molecule has 0 saturated carbocycles. The van der Waals surface area contributed by atoms with Crippen LogP contribution in [0.1, 0.15) is 24.7 Å². The number of carbonyl (C=O) groups is 1. The van der Waals surface area contributed by atoms with E-state index in [-0.39, 0.29) is 11.5 Å². The van der Waals surface area contributed by atoms with E-state index in [2.05, 4.69) is 38.5 Å². The molecule has 6 nitrogen and oxygen atoms in total. The van der Waals surface area contributed by atoms with E-state index in [0.717, 1.165) is 25.7 Å². The number of methoxy groups -OCH3 is 1. The highest BCUT2D eigenvalue weighted by Gasteiger charge is 2.32. The Morgan fingerprint density at radius 1 is 1.09 bits per heavy atom. The first-order valence-corrected chi connectivity index (χ1v) is 13.0. The van der Waals surface area contributed by atoms with E-state index in [1.54, 1.807) is 28.7 Å². The molecule has 0 spiro atoms. The summed E-state index contributed by atoms with van der Waals surface area (Å²) in [7, 11) is 1.58. The monoisotopic (exact) mass is 641 g/mol. The van der Waals surface area contributed by atoms with Crippen LogP contribution >= 0.6 is 38.5 Å². The highest BCUT2D eigenvalue weighted by atomic mass is 127. The molecule has 1 aliphatic rings. The van der Waals surface area contributed by atoms with Crippen LogP contribution in [0.3, 0.4) is 0 Å². The number of benzene rings is 3. The third-order valence-corrected chi connectivity index (χ3v) is 7.07. The summed E-state index contributed by atoms with van der Waals surface area (Å²) in [4.78, 5) is 33.9. The predicted octanol–water partition coefficient (Wildman–Crippen LogP) is 6.06. The van der Waals surface area contributed by atoms with Crippen LogP contribution < -0.4 is 15.2 Å². The second kappa shape index (κ2) is 9.58. The van der Waals surface area contributed by atoms with E-state index in [9.17, 15) is 9.59 Å². The fourth-order valence-electron chi connectivity index (χ4n) is 4.31. The Morgan fingerprint density at radius 2 is 1.91 bits per heavy atom. The number of amides is 1. The van der Waals surface area contributed by atoms with Gasteiger partial charge in [0.25, 0.3) is 11.5 Å². The van der Waals surface area contributed by atoms with E-state index in [4.69, 9.17) is 9.72 Å². The first-order chi connectivity index (χ1) is 16.9. The summed E-state index contributed by atoms with van der Waals surface area (Å²) >= 11 is 5.72. The lowest BCUT2D eigenvalue weighted by molar-refractivity contribution is -0.113. The van der Waals surface area contributed by atoms with E-state index < -0.39 is 0 Å². The van der Waals surface area contributed by atoms with E-state index in [0.29, 0.717) is 40.3 Å². The van der Waals surface area contributed by atoms with Gasteiger partial charge in [0.05, 0.1) is 35.0 Å². The number of ether oxygens (including phenoxy) is 1. The average Bonchev–Trinajstić information content (AvgIpc) is 3.10. The molecule has 0 bridgehead atoms. The molecule has 4 aromatic rings. The lowest BCUT2D eigenvalue weighted by atomic mass is 10.1. The largest absolute Gasteiger partial charge is 0.497 e. The van der Waals surface area contributed by atoms with Crippen LogP contribution in [-0.2, 0) is 4.79 Å². The summed E-state index contributed by atoms with van der Waals surface area (Å²) in [6.45, 7) is 2.65. The van der Waals surface area contributed by atoms with Crippen LogP contribution in [0.25, 0.3) is 28.2 Å². The quantitative estimate of drug-likeness (QED) is 0.196. The molecular formula is C27H21BrIN3O3. The third-order valence-electron chi connectivity index (χ3n) is 5.90. The molecule has 3 aromatic carbocycles. The van der Waals surface area contributed by atoms with Crippen molar-refractivity contribution in [1.29, 1.82) is 0 Å². The van der Waals surface area contributed by atoms with Crippen molar-refractivity contribution in [3.8, 4) is 11.4 Å². The molecule has 0 aliphatic carbocycles. The Morgan fingerprint density at radius 3 is 2.69 bits per heavy atom. The van der Waals surface area contributed by atoms with Crippen LogP contribution in [0.5, 0.6) is 5.75 Å². The van der Waals surface area contributed by atoms with Gasteiger partial charge in [-0.15, -0.1) is 0 Å². The van der Waals surface area contributed by atoms with Gasteiger partial charge in [-0.25, -0.2) is 4.98 Å². The first-order valence-electron chi connectivity index (χ1n) is 11.1. The lowest BCUT2D eigenvalue weighted by Gasteiger charge is -2.15.